The van der Waals surface area contributed by atoms with E-state index in [9.17, 15) is 5.11 Å². The van der Waals surface area contributed by atoms with Crippen molar-refractivity contribution in [2.75, 3.05) is 5.75 Å². The molecule has 2 nitrogen and oxygen atoms in total. The van der Waals surface area contributed by atoms with Gasteiger partial charge in [0.15, 0.2) is 0 Å². The van der Waals surface area contributed by atoms with Gasteiger partial charge in [-0.1, -0.05) is 18.2 Å². The molecule has 1 N–H and O–H groups in total. The summed E-state index contributed by atoms with van der Waals surface area (Å²) in [6.07, 6.45) is 3.02. The number of benzene rings is 1. The number of halogens is 1. The predicted molar refractivity (Wildman–Crippen MR) is 78.8 cm³/mol. The van der Waals surface area contributed by atoms with Crippen molar-refractivity contribution < 1.29 is 5.11 Å². The minimum absolute atomic E-state index is 0.491. The van der Waals surface area contributed by atoms with E-state index in [2.05, 4.69) is 20.9 Å². The Morgan fingerprint density at radius 2 is 2.11 bits per heavy atom. The topological polar surface area (TPSA) is 33.1 Å². The molecule has 18 heavy (non-hydrogen) atoms. The first-order valence-electron chi connectivity index (χ1n) is 5.64. The molecule has 94 valence electrons. The molecule has 2 aromatic rings. The standard InChI is InChI=1S/C14H14BrNOS/c1-10-6-11(8-16-7-10)13(17)9-18-14-5-3-2-4-12(14)15/h2-8,13,17H,9H2,1H3. The molecule has 1 aromatic carbocycles. The molecule has 0 saturated carbocycles. The van der Waals surface area contributed by atoms with Gasteiger partial charge in [0.1, 0.15) is 0 Å². The van der Waals surface area contributed by atoms with E-state index >= 15 is 0 Å². The number of aromatic nitrogens is 1. The Balaban J connectivity index is 2.00. The molecule has 0 fully saturated rings. The Labute approximate surface area is 120 Å². The predicted octanol–water partition coefficient (Wildman–Crippen LogP) is 3.98. The van der Waals surface area contributed by atoms with Gasteiger partial charge in [-0.25, -0.2) is 0 Å². The van der Waals surface area contributed by atoms with Crippen molar-refractivity contribution in [3.63, 3.8) is 0 Å². The fraction of sp³-hybridized carbons (Fsp3) is 0.214. The Bertz CT molecular complexity index is 533. The average molecular weight is 324 g/mol. The zero-order valence-electron chi connectivity index (χ0n) is 10.0. The van der Waals surface area contributed by atoms with Crippen LogP contribution in [0.4, 0.5) is 0 Å². The van der Waals surface area contributed by atoms with Gasteiger partial charge in [0.2, 0.25) is 0 Å². The number of aliphatic hydroxyl groups is 1. The second-order valence-corrected chi connectivity index (χ2v) is 5.97. The Morgan fingerprint density at radius 1 is 1.33 bits per heavy atom. The Hall–Kier alpha value is -0.840. The van der Waals surface area contributed by atoms with E-state index in [-0.39, 0.29) is 0 Å². The lowest BCUT2D eigenvalue weighted by atomic mass is 10.1. The van der Waals surface area contributed by atoms with Gasteiger partial charge in [-0.05, 0) is 46.1 Å². The van der Waals surface area contributed by atoms with E-state index in [4.69, 9.17) is 0 Å². The first-order valence-corrected chi connectivity index (χ1v) is 7.41. The SMILES string of the molecule is Cc1cncc(C(O)CSc2ccccc2Br)c1. The van der Waals surface area contributed by atoms with Crippen molar-refractivity contribution in [2.45, 2.75) is 17.9 Å². The number of rotatable bonds is 4. The van der Waals surface area contributed by atoms with Crippen LogP contribution in [0.25, 0.3) is 0 Å². The van der Waals surface area contributed by atoms with E-state index in [0.717, 1.165) is 20.5 Å². The first kappa shape index (κ1) is 13.6. The summed E-state index contributed by atoms with van der Waals surface area (Å²) < 4.78 is 1.06. The van der Waals surface area contributed by atoms with Crippen molar-refractivity contribution in [1.29, 1.82) is 0 Å². The normalized spacial score (nSPS) is 12.4. The molecular weight excluding hydrogens is 310 g/mol. The number of hydrogen-bond acceptors (Lipinski definition) is 3. The summed E-state index contributed by atoms with van der Waals surface area (Å²) in [5.74, 6) is 0.619. The molecule has 0 radical (unpaired) electrons. The summed E-state index contributed by atoms with van der Waals surface area (Å²) in [6.45, 7) is 1.98. The highest BCUT2D eigenvalue weighted by molar-refractivity contribution is 9.10. The summed E-state index contributed by atoms with van der Waals surface area (Å²) in [4.78, 5) is 5.24. The van der Waals surface area contributed by atoms with Gasteiger partial charge in [0.05, 0.1) is 6.10 Å². The molecule has 0 saturated heterocycles. The van der Waals surface area contributed by atoms with E-state index in [1.165, 1.54) is 0 Å². The van der Waals surface area contributed by atoms with Gasteiger partial charge in [-0.3, -0.25) is 4.98 Å². The van der Waals surface area contributed by atoms with Crippen molar-refractivity contribution in [3.8, 4) is 0 Å². The van der Waals surface area contributed by atoms with Crippen LogP contribution >= 0.6 is 27.7 Å². The van der Waals surface area contributed by atoms with Crippen molar-refractivity contribution in [1.82, 2.24) is 4.98 Å². The van der Waals surface area contributed by atoms with Crippen LogP contribution in [0, 0.1) is 6.92 Å². The smallest absolute Gasteiger partial charge is 0.0898 e. The molecular formula is C14H14BrNOS. The maximum atomic E-state index is 10.1. The highest BCUT2D eigenvalue weighted by Crippen LogP contribution is 2.30. The molecule has 0 aliphatic heterocycles. The minimum Gasteiger partial charge on any atom is -0.387 e. The largest absolute Gasteiger partial charge is 0.387 e. The third-order valence-electron chi connectivity index (χ3n) is 2.51. The van der Waals surface area contributed by atoms with Gasteiger partial charge >= 0.3 is 0 Å². The van der Waals surface area contributed by atoms with E-state index in [1.807, 2.05) is 37.3 Å². The Morgan fingerprint density at radius 3 is 2.83 bits per heavy atom. The van der Waals surface area contributed by atoms with Gasteiger partial charge in [0.25, 0.3) is 0 Å². The molecule has 0 aliphatic carbocycles. The fourth-order valence-electron chi connectivity index (χ4n) is 1.59. The average Bonchev–Trinajstić information content (AvgIpc) is 2.37. The number of pyridine rings is 1. The summed E-state index contributed by atoms with van der Waals surface area (Å²) in [6, 6.07) is 9.99. The lowest BCUT2D eigenvalue weighted by molar-refractivity contribution is 0.203. The van der Waals surface area contributed by atoms with Crippen LogP contribution in [0.1, 0.15) is 17.2 Å². The van der Waals surface area contributed by atoms with Crippen molar-refractivity contribution in [2.24, 2.45) is 0 Å². The second kappa shape index (κ2) is 6.36. The second-order valence-electron chi connectivity index (χ2n) is 4.05. The van der Waals surface area contributed by atoms with Gasteiger partial charge in [0, 0.05) is 27.5 Å². The molecule has 1 heterocycles. The third-order valence-corrected chi connectivity index (χ3v) is 4.62. The minimum atomic E-state index is -0.491. The van der Waals surface area contributed by atoms with E-state index in [1.54, 1.807) is 24.2 Å². The summed E-state index contributed by atoms with van der Waals surface area (Å²) >= 11 is 5.13. The van der Waals surface area contributed by atoms with Crippen LogP contribution in [0.15, 0.2) is 52.1 Å². The maximum Gasteiger partial charge on any atom is 0.0898 e. The summed E-state index contributed by atoms with van der Waals surface area (Å²) in [5, 5.41) is 10.1. The van der Waals surface area contributed by atoms with Crippen LogP contribution in [0.2, 0.25) is 0 Å². The number of hydrogen-bond donors (Lipinski definition) is 1. The fourth-order valence-corrected chi connectivity index (χ4v) is 3.13. The Kier molecular flexibility index (Phi) is 4.80. The van der Waals surface area contributed by atoms with Crippen LogP contribution in [0.5, 0.6) is 0 Å². The maximum absolute atomic E-state index is 10.1. The molecule has 0 bridgehead atoms. The van der Waals surface area contributed by atoms with Gasteiger partial charge in [-0.15, -0.1) is 11.8 Å². The molecule has 4 heteroatoms. The first-order chi connectivity index (χ1) is 8.66. The molecule has 1 unspecified atom stereocenters. The quantitative estimate of drug-likeness (QED) is 0.864. The monoisotopic (exact) mass is 323 g/mol. The molecule has 2 rings (SSSR count). The van der Waals surface area contributed by atoms with Crippen LogP contribution < -0.4 is 0 Å². The van der Waals surface area contributed by atoms with Crippen LogP contribution in [0.3, 0.4) is 0 Å². The highest BCUT2D eigenvalue weighted by atomic mass is 79.9. The number of aliphatic hydroxyl groups excluding tert-OH is 1. The number of aryl methyl sites for hydroxylation is 1. The molecule has 1 atom stereocenters. The third kappa shape index (κ3) is 3.57. The molecule has 0 amide bonds. The molecule has 0 spiro atoms. The molecule has 0 aliphatic rings. The summed E-state index contributed by atoms with van der Waals surface area (Å²) in [7, 11) is 0. The van der Waals surface area contributed by atoms with E-state index in [0.29, 0.717) is 5.75 Å². The summed E-state index contributed by atoms with van der Waals surface area (Å²) in [5.41, 5.74) is 1.94. The van der Waals surface area contributed by atoms with Crippen molar-refractivity contribution >= 4 is 27.7 Å². The lowest BCUT2D eigenvalue weighted by Gasteiger charge is -2.11. The number of thioether (sulfide) groups is 1. The lowest BCUT2D eigenvalue weighted by Crippen LogP contribution is -2.01. The van der Waals surface area contributed by atoms with E-state index < -0.39 is 6.10 Å². The zero-order valence-corrected chi connectivity index (χ0v) is 12.4. The van der Waals surface area contributed by atoms with Crippen LogP contribution in [-0.4, -0.2) is 15.8 Å². The van der Waals surface area contributed by atoms with Crippen molar-refractivity contribution in [3.05, 3.63) is 58.3 Å². The number of nitrogens with zero attached hydrogens (tertiary/aromatic N) is 1. The van der Waals surface area contributed by atoms with Crippen LogP contribution in [-0.2, 0) is 0 Å². The highest BCUT2D eigenvalue weighted by Gasteiger charge is 2.09. The zero-order chi connectivity index (χ0) is 13.0. The van der Waals surface area contributed by atoms with Gasteiger partial charge in [-0.2, -0.15) is 0 Å². The molecule has 1 aromatic heterocycles. The van der Waals surface area contributed by atoms with Gasteiger partial charge < -0.3 is 5.11 Å².